The number of rotatable bonds is 6. The second-order valence-corrected chi connectivity index (χ2v) is 7.39. The summed E-state index contributed by atoms with van der Waals surface area (Å²) in [7, 11) is 0. The third kappa shape index (κ3) is 5.10. The van der Waals surface area contributed by atoms with Crippen LogP contribution >= 0.6 is 11.6 Å². The number of carbonyl (C=O) groups excluding carboxylic acids is 2. The van der Waals surface area contributed by atoms with Crippen molar-refractivity contribution in [3.8, 4) is 0 Å². The maximum Gasteiger partial charge on any atom is 0.252 e. The van der Waals surface area contributed by atoms with Crippen LogP contribution in [0.3, 0.4) is 0 Å². The van der Waals surface area contributed by atoms with Gasteiger partial charge in [-0.2, -0.15) is 0 Å². The predicted octanol–water partition coefficient (Wildman–Crippen LogP) is 4.54. The molecule has 0 aromatic heterocycles. The SMILES string of the molecule is CCCNC(=O)c1ccc(NC(=O)Cc2ccc3c(c2)CCCC3)cc1Cl. The van der Waals surface area contributed by atoms with Crippen molar-refractivity contribution in [2.75, 3.05) is 11.9 Å². The molecule has 0 spiro atoms. The zero-order valence-corrected chi connectivity index (χ0v) is 16.4. The predicted molar refractivity (Wildman–Crippen MR) is 109 cm³/mol. The topological polar surface area (TPSA) is 58.2 Å². The maximum absolute atomic E-state index is 12.4. The van der Waals surface area contributed by atoms with Gasteiger partial charge >= 0.3 is 0 Å². The van der Waals surface area contributed by atoms with Crippen LogP contribution in [0.2, 0.25) is 5.02 Å². The normalized spacial score (nSPS) is 13.0. The van der Waals surface area contributed by atoms with Gasteiger partial charge in [-0.15, -0.1) is 0 Å². The minimum atomic E-state index is -0.200. The molecule has 2 aromatic carbocycles. The molecule has 5 heteroatoms. The van der Waals surface area contributed by atoms with Gasteiger partial charge in [0.1, 0.15) is 0 Å². The average Bonchev–Trinajstić information content (AvgIpc) is 2.66. The molecule has 4 nitrogen and oxygen atoms in total. The average molecular weight is 385 g/mol. The van der Waals surface area contributed by atoms with Gasteiger partial charge in [-0.3, -0.25) is 9.59 Å². The number of aryl methyl sites for hydroxylation is 2. The molecule has 0 atom stereocenters. The minimum absolute atomic E-state index is 0.0926. The molecule has 27 heavy (non-hydrogen) atoms. The van der Waals surface area contributed by atoms with Crippen LogP contribution in [-0.2, 0) is 24.1 Å². The summed E-state index contributed by atoms with van der Waals surface area (Å²) in [6.45, 7) is 2.59. The first-order chi connectivity index (χ1) is 13.1. The van der Waals surface area contributed by atoms with Crippen LogP contribution in [0.1, 0.15) is 53.2 Å². The number of nitrogens with one attached hydrogen (secondary N) is 2. The quantitative estimate of drug-likeness (QED) is 0.768. The van der Waals surface area contributed by atoms with Gasteiger partial charge in [-0.1, -0.05) is 36.7 Å². The van der Waals surface area contributed by atoms with E-state index < -0.39 is 0 Å². The molecule has 142 valence electrons. The van der Waals surface area contributed by atoms with Gasteiger partial charge in [0.2, 0.25) is 5.91 Å². The Hall–Kier alpha value is -2.33. The number of benzene rings is 2. The Bertz CT molecular complexity index is 848. The fraction of sp³-hybridized carbons (Fsp3) is 0.364. The molecular formula is C22H25ClN2O2. The maximum atomic E-state index is 12.4. The van der Waals surface area contributed by atoms with Crippen molar-refractivity contribution in [1.29, 1.82) is 0 Å². The fourth-order valence-corrected chi connectivity index (χ4v) is 3.66. The molecule has 0 saturated heterocycles. The van der Waals surface area contributed by atoms with Crippen LogP contribution in [0, 0.1) is 0 Å². The van der Waals surface area contributed by atoms with Crippen molar-refractivity contribution in [3.05, 3.63) is 63.7 Å². The van der Waals surface area contributed by atoms with E-state index in [2.05, 4.69) is 22.8 Å². The third-order valence-corrected chi connectivity index (χ3v) is 5.12. The van der Waals surface area contributed by atoms with Crippen LogP contribution in [0.15, 0.2) is 36.4 Å². The zero-order valence-electron chi connectivity index (χ0n) is 15.6. The lowest BCUT2D eigenvalue weighted by molar-refractivity contribution is -0.115. The van der Waals surface area contributed by atoms with E-state index in [0.29, 0.717) is 29.2 Å². The van der Waals surface area contributed by atoms with E-state index in [4.69, 9.17) is 11.6 Å². The summed E-state index contributed by atoms with van der Waals surface area (Å²) in [6.07, 6.45) is 5.89. The summed E-state index contributed by atoms with van der Waals surface area (Å²) in [4.78, 5) is 24.4. The van der Waals surface area contributed by atoms with E-state index in [0.717, 1.165) is 24.8 Å². The van der Waals surface area contributed by atoms with Gasteiger partial charge in [-0.05, 0) is 67.0 Å². The smallest absolute Gasteiger partial charge is 0.252 e. The first kappa shape index (κ1) is 19.4. The number of hydrogen-bond donors (Lipinski definition) is 2. The van der Waals surface area contributed by atoms with Gasteiger partial charge in [0.25, 0.3) is 5.91 Å². The molecule has 0 bridgehead atoms. The number of halogens is 1. The number of fused-ring (bicyclic) bond motifs is 1. The molecule has 0 aliphatic heterocycles. The van der Waals surface area contributed by atoms with E-state index in [9.17, 15) is 9.59 Å². The van der Waals surface area contributed by atoms with Crippen molar-refractivity contribution in [3.63, 3.8) is 0 Å². The highest BCUT2D eigenvalue weighted by Gasteiger charge is 2.13. The standard InChI is InChI=1S/C22H25ClN2O2/c1-2-11-24-22(27)19-10-9-18(14-20(19)23)25-21(26)13-15-7-8-16-5-3-4-6-17(16)12-15/h7-10,12,14H,2-6,11,13H2,1H3,(H,24,27)(H,25,26). The molecule has 2 N–H and O–H groups in total. The first-order valence-corrected chi connectivity index (χ1v) is 9.93. The molecule has 1 aliphatic carbocycles. The summed E-state index contributed by atoms with van der Waals surface area (Å²) >= 11 is 6.21. The summed E-state index contributed by atoms with van der Waals surface area (Å²) in [5.74, 6) is -0.293. The van der Waals surface area contributed by atoms with Crippen LogP contribution in [0.5, 0.6) is 0 Å². The molecule has 0 unspecified atom stereocenters. The van der Waals surface area contributed by atoms with Crippen LogP contribution in [0.4, 0.5) is 5.69 Å². The van der Waals surface area contributed by atoms with Crippen LogP contribution in [0.25, 0.3) is 0 Å². The Labute approximate surface area is 165 Å². The Balaban J connectivity index is 1.62. The lowest BCUT2D eigenvalue weighted by Crippen LogP contribution is -2.24. The van der Waals surface area contributed by atoms with Crippen molar-refractivity contribution in [2.24, 2.45) is 0 Å². The monoisotopic (exact) mass is 384 g/mol. The highest BCUT2D eigenvalue weighted by molar-refractivity contribution is 6.34. The summed E-state index contributed by atoms with van der Waals surface area (Å²) in [5.41, 5.74) is 4.81. The molecule has 0 heterocycles. The lowest BCUT2D eigenvalue weighted by atomic mass is 9.90. The number of anilines is 1. The van der Waals surface area contributed by atoms with Crippen molar-refractivity contribution in [1.82, 2.24) is 5.32 Å². The minimum Gasteiger partial charge on any atom is -0.352 e. The molecule has 2 aromatic rings. The molecule has 0 fully saturated rings. The van der Waals surface area contributed by atoms with Crippen LogP contribution < -0.4 is 10.6 Å². The summed E-state index contributed by atoms with van der Waals surface area (Å²) < 4.78 is 0. The third-order valence-electron chi connectivity index (χ3n) is 4.81. The number of hydrogen-bond acceptors (Lipinski definition) is 2. The Morgan fingerprint density at radius 2 is 1.81 bits per heavy atom. The van der Waals surface area contributed by atoms with Crippen molar-refractivity contribution in [2.45, 2.75) is 45.4 Å². The second kappa shape index (κ2) is 9.05. The van der Waals surface area contributed by atoms with Crippen molar-refractivity contribution >= 4 is 29.1 Å². The Morgan fingerprint density at radius 1 is 1.04 bits per heavy atom. The molecular weight excluding hydrogens is 360 g/mol. The molecule has 0 saturated carbocycles. The molecule has 0 radical (unpaired) electrons. The fourth-order valence-electron chi connectivity index (χ4n) is 3.40. The lowest BCUT2D eigenvalue weighted by Gasteiger charge is -2.16. The Kier molecular flexibility index (Phi) is 6.51. The van der Waals surface area contributed by atoms with E-state index in [1.54, 1.807) is 18.2 Å². The van der Waals surface area contributed by atoms with E-state index in [1.165, 1.54) is 24.0 Å². The van der Waals surface area contributed by atoms with E-state index >= 15 is 0 Å². The van der Waals surface area contributed by atoms with Gasteiger partial charge in [0.05, 0.1) is 17.0 Å². The van der Waals surface area contributed by atoms with Gasteiger partial charge < -0.3 is 10.6 Å². The van der Waals surface area contributed by atoms with Gasteiger partial charge in [-0.25, -0.2) is 0 Å². The van der Waals surface area contributed by atoms with E-state index in [1.807, 2.05) is 13.0 Å². The molecule has 2 amide bonds. The zero-order chi connectivity index (χ0) is 19.2. The summed E-state index contributed by atoms with van der Waals surface area (Å²) in [6, 6.07) is 11.3. The summed E-state index contributed by atoms with van der Waals surface area (Å²) in [5, 5.41) is 5.99. The molecule has 1 aliphatic rings. The van der Waals surface area contributed by atoms with E-state index in [-0.39, 0.29) is 11.8 Å². The number of carbonyl (C=O) groups is 2. The van der Waals surface area contributed by atoms with Gasteiger partial charge in [0, 0.05) is 12.2 Å². The highest BCUT2D eigenvalue weighted by Crippen LogP contribution is 2.23. The molecule has 3 rings (SSSR count). The van der Waals surface area contributed by atoms with Crippen molar-refractivity contribution < 1.29 is 9.59 Å². The highest BCUT2D eigenvalue weighted by atomic mass is 35.5. The number of amides is 2. The first-order valence-electron chi connectivity index (χ1n) is 9.55. The van der Waals surface area contributed by atoms with Crippen LogP contribution in [-0.4, -0.2) is 18.4 Å². The second-order valence-electron chi connectivity index (χ2n) is 6.99. The largest absolute Gasteiger partial charge is 0.352 e. The van der Waals surface area contributed by atoms with Gasteiger partial charge in [0.15, 0.2) is 0 Å². The Morgan fingerprint density at radius 3 is 2.56 bits per heavy atom.